The highest BCUT2D eigenvalue weighted by Crippen LogP contribution is 2.18. The lowest BCUT2D eigenvalue weighted by Crippen LogP contribution is -2.32. The van der Waals surface area contributed by atoms with Crippen molar-refractivity contribution >= 4 is 0 Å². The third kappa shape index (κ3) is 16.0. The molecule has 0 unspecified atom stereocenters. The average molecular weight is 761 g/mol. The number of aromatic nitrogens is 4. The molecular formula is C50H72N4O2+2. The first kappa shape index (κ1) is 42.8. The van der Waals surface area contributed by atoms with Crippen LogP contribution in [0.25, 0.3) is 11.4 Å². The minimum Gasteiger partial charge on any atom is -0.494 e. The molecule has 0 spiro atoms. The Balaban J connectivity index is 0.960. The summed E-state index contributed by atoms with van der Waals surface area (Å²) >= 11 is 0. The highest BCUT2D eigenvalue weighted by molar-refractivity contribution is 5.38. The molecule has 2 aromatic heterocycles. The highest BCUT2D eigenvalue weighted by Gasteiger charge is 2.11. The molecule has 56 heavy (non-hydrogen) atoms. The van der Waals surface area contributed by atoms with Crippen LogP contribution in [-0.2, 0) is 13.1 Å². The van der Waals surface area contributed by atoms with Gasteiger partial charge in [0.2, 0.25) is 12.7 Å². The Labute approximate surface area is 339 Å². The van der Waals surface area contributed by atoms with Crippen molar-refractivity contribution in [2.24, 2.45) is 0 Å². The number of ether oxygens (including phenoxy) is 2. The lowest BCUT2D eigenvalue weighted by molar-refractivity contribution is -0.688. The second-order valence-electron chi connectivity index (χ2n) is 15.9. The van der Waals surface area contributed by atoms with Gasteiger partial charge in [-0.15, -0.1) is 0 Å². The van der Waals surface area contributed by atoms with Gasteiger partial charge >= 0.3 is 0 Å². The van der Waals surface area contributed by atoms with Gasteiger partial charge in [0.1, 0.15) is 60.8 Å². The summed E-state index contributed by atoms with van der Waals surface area (Å²) in [6.07, 6.45) is 39.7. The number of imidazole rings is 2. The molecule has 5 aromatic rings. The summed E-state index contributed by atoms with van der Waals surface area (Å²) in [5.74, 6) is 1.90. The smallest absolute Gasteiger partial charge is 0.249 e. The van der Waals surface area contributed by atoms with Crippen LogP contribution in [0.2, 0.25) is 0 Å². The highest BCUT2D eigenvalue weighted by atomic mass is 16.5. The number of benzene rings is 3. The standard InChI is InChI=1S/C50H72N4O2/c1-3-5-7-9-11-13-15-17-19-21-39-55-49-31-27-47(28-32-49)53-37-35-51(43-53)41-45-23-25-46(26-24-45)42-52-36-38-54(44-52)48-29-33-50(34-30-48)56-40-22-20-18-16-14-12-10-8-6-4-2/h23-38,43-44H,3-22,39-42H2,1-2H3/q+2. The van der Waals surface area contributed by atoms with Crippen LogP contribution < -0.4 is 18.6 Å². The zero-order valence-electron chi connectivity index (χ0n) is 35.0. The molecule has 2 heterocycles. The van der Waals surface area contributed by atoms with E-state index >= 15 is 0 Å². The van der Waals surface area contributed by atoms with E-state index in [2.05, 4.69) is 142 Å². The topological polar surface area (TPSA) is 36.1 Å². The summed E-state index contributed by atoms with van der Waals surface area (Å²) in [5.41, 5.74) is 4.84. The maximum Gasteiger partial charge on any atom is 0.249 e. The first-order chi connectivity index (χ1) is 27.7. The van der Waals surface area contributed by atoms with E-state index in [1.54, 1.807) is 0 Å². The van der Waals surface area contributed by atoms with Gasteiger partial charge in [0, 0.05) is 0 Å². The first-order valence-corrected chi connectivity index (χ1v) is 22.4. The van der Waals surface area contributed by atoms with Crippen molar-refractivity contribution in [1.29, 1.82) is 0 Å². The van der Waals surface area contributed by atoms with Crippen molar-refractivity contribution in [2.75, 3.05) is 13.2 Å². The molecule has 0 radical (unpaired) electrons. The van der Waals surface area contributed by atoms with Gasteiger partial charge in [0.15, 0.2) is 0 Å². The van der Waals surface area contributed by atoms with E-state index in [0.29, 0.717) is 0 Å². The van der Waals surface area contributed by atoms with E-state index in [0.717, 1.165) is 62.0 Å². The van der Waals surface area contributed by atoms with Crippen LogP contribution in [0.3, 0.4) is 0 Å². The van der Waals surface area contributed by atoms with E-state index < -0.39 is 0 Å². The Morgan fingerprint density at radius 3 is 1.05 bits per heavy atom. The Morgan fingerprint density at radius 2 is 0.714 bits per heavy atom. The molecule has 0 aliphatic heterocycles. The molecule has 0 atom stereocenters. The van der Waals surface area contributed by atoms with Crippen LogP contribution in [0.5, 0.6) is 11.5 Å². The maximum absolute atomic E-state index is 6.04. The number of hydrogen-bond donors (Lipinski definition) is 0. The Morgan fingerprint density at radius 1 is 0.393 bits per heavy atom. The largest absolute Gasteiger partial charge is 0.494 e. The van der Waals surface area contributed by atoms with Gasteiger partial charge in [-0.1, -0.05) is 154 Å². The summed E-state index contributed by atoms with van der Waals surface area (Å²) in [4.78, 5) is 0. The average Bonchev–Trinajstić information content (AvgIpc) is 3.90. The fraction of sp³-hybridized carbons (Fsp3) is 0.520. The third-order valence-corrected chi connectivity index (χ3v) is 10.9. The van der Waals surface area contributed by atoms with E-state index in [1.807, 2.05) is 0 Å². The minimum atomic E-state index is 0.799. The zero-order valence-corrected chi connectivity index (χ0v) is 35.0. The van der Waals surface area contributed by atoms with Crippen LogP contribution in [0.1, 0.15) is 153 Å². The maximum atomic E-state index is 6.04. The van der Waals surface area contributed by atoms with Crippen molar-refractivity contribution in [1.82, 2.24) is 9.13 Å². The monoisotopic (exact) mass is 761 g/mol. The number of hydrogen-bond acceptors (Lipinski definition) is 2. The Bertz CT molecular complexity index is 1590. The van der Waals surface area contributed by atoms with Crippen LogP contribution in [0.15, 0.2) is 110 Å². The predicted octanol–water partition coefficient (Wildman–Crippen LogP) is 12.5. The molecule has 5 rings (SSSR count). The van der Waals surface area contributed by atoms with Crippen molar-refractivity contribution in [3.05, 3.63) is 121 Å². The van der Waals surface area contributed by atoms with Gasteiger partial charge in [-0.05, 0) is 72.5 Å². The molecule has 0 bridgehead atoms. The van der Waals surface area contributed by atoms with Crippen LogP contribution in [-0.4, -0.2) is 22.3 Å². The Hall–Kier alpha value is -4.32. The first-order valence-electron chi connectivity index (χ1n) is 22.4. The molecule has 6 nitrogen and oxygen atoms in total. The van der Waals surface area contributed by atoms with Gasteiger partial charge in [0.25, 0.3) is 0 Å². The molecule has 3 aromatic carbocycles. The molecule has 0 saturated heterocycles. The third-order valence-electron chi connectivity index (χ3n) is 10.9. The van der Waals surface area contributed by atoms with Crippen LogP contribution >= 0.6 is 0 Å². The minimum absolute atomic E-state index is 0.799. The summed E-state index contributed by atoms with van der Waals surface area (Å²) < 4.78 is 20.9. The number of unbranched alkanes of at least 4 members (excludes halogenated alkanes) is 18. The zero-order chi connectivity index (χ0) is 38.9. The SMILES string of the molecule is CCCCCCCCCCCCOc1ccc(-n2cc[n+](Cc3ccc(C[n+]4ccn(-c5ccc(OCCCCCCCCCCCC)cc5)c4)cc3)c2)cc1. The molecule has 0 amide bonds. The lowest BCUT2D eigenvalue weighted by atomic mass is 10.1. The molecule has 302 valence electrons. The van der Waals surface area contributed by atoms with Crippen molar-refractivity contribution < 1.29 is 18.6 Å². The van der Waals surface area contributed by atoms with E-state index in [9.17, 15) is 0 Å². The fourth-order valence-corrected chi connectivity index (χ4v) is 7.44. The number of rotatable bonds is 30. The lowest BCUT2D eigenvalue weighted by Gasteiger charge is -2.06. The van der Waals surface area contributed by atoms with Gasteiger partial charge in [0.05, 0.1) is 13.2 Å². The Kier molecular flexibility index (Phi) is 19.7. The van der Waals surface area contributed by atoms with Crippen LogP contribution in [0, 0.1) is 0 Å². The molecular weight excluding hydrogens is 689 g/mol. The van der Waals surface area contributed by atoms with Gasteiger partial charge in [-0.3, -0.25) is 0 Å². The predicted molar refractivity (Wildman–Crippen MR) is 231 cm³/mol. The van der Waals surface area contributed by atoms with E-state index in [-0.39, 0.29) is 0 Å². The van der Waals surface area contributed by atoms with E-state index in [1.165, 1.54) is 127 Å². The summed E-state index contributed by atoms with van der Waals surface area (Å²) in [6, 6.07) is 25.9. The summed E-state index contributed by atoms with van der Waals surface area (Å²) in [7, 11) is 0. The second-order valence-corrected chi connectivity index (χ2v) is 15.9. The van der Waals surface area contributed by atoms with Gasteiger partial charge < -0.3 is 9.47 Å². The molecule has 0 aliphatic rings. The molecule has 0 N–H and O–H groups in total. The number of nitrogens with zero attached hydrogens (tertiary/aromatic N) is 4. The van der Waals surface area contributed by atoms with Crippen molar-refractivity contribution in [3.8, 4) is 22.9 Å². The quantitative estimate of drug-likeness (QED) is 0.0345. The second kappa shape index (κ2) is 25.8. The van der Waals surface area contributed by atoms with Crippen molar-refractivity contribution in [2.45, 2.75) is 155 Å². The molecule has 0 aliphatic carbocycles. The van der Waals surface area contributed by atoms with Crippen LogP contribution in [0.4, 0.5) is 0 Å². The summed E-state index contributed by atoms with van der Waals surface area (Å²) in [6.45, 7) is 7.82. The fourth-order valence-electron chi connectivity index (χ4n) is 7.44. The van der Waals surface area contributed by atoms with Crippen molar-refractivity contribution in [3.63, 3.8) is 0 Å². The molecule has 0 fully saturated rings. The molecule has 6 heteroatoms. The normalized spacial score (nSPS) is 11.3. The van der Waals surface area contributed by atoms with E-state index in [4.69, 9.17) is 9.47 Å². The molecule has 0 saturated carbocycles. The van der Waals surface area contributed by atoms with Gasteiger partial charge in [-0.25, -0.2) is 18.3 Å². The summed E-state index contributed by atoms with van der Waals surface area (Å²) in [5, 5.41) is 0. The van der Waals surface area contributed by atoms with Gasteiger partial charge in [-0.2, -0.15) is 0 Å².